The largest absolute Gasteiger partial charge is 0.497 e. The highest BCUT2D eigenvalue weighted by molar-refractivity contribution is 5.95. The third-order valence-corrected chi connectivity index (χ3v) is 5.40. The van der Waals surface area contributed by atoms with E-state index in [-0.39, 0.29) is 24.5 Å². The lowest BCUT2D eigenvalue weighted by Gasteiger charge is -2.31. The van der Waals surface area contributed by atoms with E-state index in [9.17, 15) is 9.59 Å². The SMILES string of the molecule is COc1ccc(CNC(=O)C2CCN(C(=O)c3ccc4c(c3)OCO4)CC2)cc1. The van der Waals surface area contributed by atoms with Crippen LogP contribution < -0.4 is 19.5 Å². The third kappa shape index (κ3) is 4.29. The van der Waals surface area contributed by atoms with Crippen molar-refractivity contribution < 1.29 is 23.8 Å². The second kappa shape index (κ2) is 8.43. The fourth-order valence-corrected chi connectivity index (χ4v) is 3.63. The number of piperidine rings is 1. The van der Waals surface area contributed by atoms with Gasteiger partial charge >= 0.3 is 0 Å². The van der Waals surface area contributed by atoms with Gasteiger partial charge in [0, 0.05) is 31.1 Å². The first-order valence-electron chi connectivity index (χ1n) is 9.73. The number of fused-ring (bicyclic) bond motifs is 1. The van der Waals surface area contributed by atoms with E-state index in [1.54, 1.807) is 30.2 Å². The summed E-state index contributed by atoms with van der Waals surface area (Å²) in [5.41, 5.74) is 1.60. The van der Waals surface area contributed by atoms with Crippen molar-refractivity contribution in [3.05, 3.63) is 53.6 Å². The van der Waals surface area contributed by atoms with Crippen LogP contribution >= 0.6 is 0 Å². The van der Waals surface area contributed by atoms with Gasteiger partial charge in [-0.3, -0.25) is 9.59 Å². The molecule has 152 valence electrons. The van der Waals surface area contributed by atoms with Crippen LogP contribution in [0.25, 0.3) is 0 Å². The summed E-state index contributed by atoms with van der Waals surface area (Å²) in [6.07, 6.45) is 1.31. The van der Waals surface area contributed by atoms with Crippen molar-refractivity contribution in [2.75, 3.05) is 27.0 Å². The molecule has 2 aromatic rings. The molecule has 0 saturated carbocycles. The zero-order valence-corrected chi connectivity index (χ0v) is 16.3. The standard InChI is InChI=1S/C22H24N2O5/c1-27-18-5-2-15(3-6-18)13-23-21(25)16-8-10-24(11-9-16)22(26)17-4-7-19-20(12-17)29-14-28-19/h2-7,12,16H,8-11,13-14H2,1H3,(H,23,25). The molecule has 0 unspecified atom stereocenters. The molecule has 0 aliphatic carbocycles. The lowest BCUT2D eigenvalue weighted by Crippen LogP contribution is -2.42. The molecule has 0 aromatic heterocycles. The lowest BCUT2D eigenvalue weighted by molar-refractivity contribution is -0.126. The van der Waals surface area contributed by atoms with Crippen molar-refractivity contribution in [1.29, 1.82) is 0 Å². The van der Waals surface area contributed by atoms with Crippen LogP contribution in [0.3, 0.4) is 0 Å². The van der Waals surface area contributed by atoms with Crippen LogP contribution in [0.4, 0.5) is 0 Å². The molecular formula is C22H24N2O5. The van der Waals surface area contributed by atoms with E-state index < -0.39 is 0 Å². The molecule has 2 heterocycles. The van der Waals surface area contributed by atoms with Gasteiger partial charge in [0.1, 0.15) is 5.75 Å². The topological polar surface area (TPSA) is 77.1 Å². The fourth-order valence-electron chi connectivity index (χ4n) is 3.63. The Hall–Kier alpha value is -3.22. The Bertz CT molecular complexity index is 889. The van der Waals surface area contributed by atoms with E-state index in [1.807, 2.05) is 24.3 Å². The number of nitrogens with zero attached hydrogens (tertiary/aromatic N) is 1. The maximum atomic E-state index is 12.8. The minimum Gasteiger partial charge on any atom is -0.497 e. The Labute approximate surface area is 169 Å². The molecule has 4 rings (SSSR count). The summed E-state index contributed by atoms with van der Waals surface area (Å²) < 4.78 is 15.8. The van der Waals surface area contributed by atoms with Crippen molar-refractivity contribution >= 4 is 11.8 Å². The Balaban J connectivity index is 1.27. The molecule has 1 fully saturated rings. The molecular weight excluding hydrogens is 372 g/mol. The van der Waals surface area contributed by atoms with Gasteiger partial charge in [0.25, 0.3) is 5.91 Å². The second-order valence-electron chi connectivity index (χ2n) is 7.20. The van der Waals surface area contributed by atoms with Crippen LogP contribution in [-0.2, 0) is 11.3 Å². The zero-order valence-electron chi connectivity index (χ0n) is 16.3. The molecule has 2 aliphatic rings. The number of hydrogen-bond donors (Lipinski definition) is 1. The van der Waals surface area contributed by atoms with Crippen molar-refractivity contribution in [3.63, 3.8) is 0 Å². The van der Waals surface area contributed by atoms with E-state index in [1.165, 1.54) is 0 Å². The van der Waals surface area contributed by atoms with Gasteiger partial charge in [-0.25, -0.2) is 0 Å². The Morgan fingerprint density at radius 2 is 1.79 bits per heavy atom. The van der Waals surface area contributed by atoms with Crippen LogP contribution in [0.1, 0.15) is 28.8 Å². The Kier molecular flexibility index (Phi) is 5.55. The number of rotatable bonds is 5. The number of ether oxygens (including phenoxy) is 3. The third-order valence-electron chi connectivity index (χ3n) is 5.40. The first-order valence-corrected chi connectivity index (χ1v) is 9.73. The molecule has 0 radical (unpaired) electrons. The Morgan fingerprint density at radius 1 is 1.07 bits per heavy atom. The smallest absolute Gasteiger partial charge is 0.253 e. The predicted octanol–water partition coefficient (Wildman–Crippen LogP) is 2.59. The Morgan fingerprint density at radius 3 is 2.52 bits per heavy atom. The summed E-state index contributed by atoms with van der Waals surface area (Å²) in [7, 11) is 1.63. The van der Waals surface area contributed by atoms with E-state index in [4.69, 9.17) is 14.2 Å². The number of hydrogen-bond acceptors (Lipinski definition) is 5. The predicted molar refractivity (Wildman–Crippen MR) is 106 cm³/mol. The van der Waals surface area contributed by atoms with Gasteiger partial charge in [0.15, 0.2) is 11.5 Å². The highest BCUT2D eigenvalue weighted by Gasteiger charge is 2.28. The molecule has 1 N–H and O–H groups in total. The number of carbonyl (C=O) groups is 2. The van der Waals surface area contributed by atoms with Gasteiger partial charge in [-0.05, 0) is 48.7 Å². The van der Waals surface area contributed by atoms with Crippen LogP contribution in [0.5, 0.6) is 17.2 Å². The number of benzene rings is 2. The summed E-state index contributed by atoms with van der Waals surface area (Å²) in [5.74, 6) is 1.97. The highest BCUT2D eigenvalue weighted by atomic mass is 16.7. The van der Waals surface area contributed by atoms with Crippen LogP contribution in [0, 0.1) is 5.92 Å². The molecule has 29 heavy (non-hydrogen) atoms. The average molecular weight is 396 g/mol. The number of nitrogens with one attached hydrogen (secondary N) is 1. The van der Waals surface area contributed by atoms with E-state index in [0.29, 0.717) is 49.5 Å². The van der Waals surface area contributed by atoms with Gasteiger partial charge in [0.2, 0.25) is 12.7 Å². The fraction of sp³-hybridized carbons (Fsp3) is 0.364. The number of amides is 2. The van der Waals surface area contributed by atoms with Gasteiger partial charge in [0.05, 0.1) is 7.11 Å². The summed E-state index contributed by atoms with van der Waals surface area (Å²) in [4.78, 5) is 27.1. The van der Waals surface area contributed by atoms with Crippen molar-refractivity contribution in [2.24, 2.45) is 5.92 Å². The summed E-state index contributed by atoms with van der Waals surface area (Å²) >= 11 is 0. The zero-order chi connectivity index (χ0) is 20.2. The molecule has 2 amide bonds. The van der Waals surface area contributed by atoms with E-state index in [0.717, 1.165) is 11.3 Å². The monoisotopic (exact) mass is 396 g/mol. The summed E-state index contributed by atoms with van der Waals surface area (Å²) in [6.45, 7) is 1.80. The maximum Gasteiger partial charge on any atom is 0.253 e. The molecule has 7 nitrogen and oxygen atoms in total. The number of carbonyl (C=O) groups excluding carboxylic acids is 2. The molecule has 0 spiro atoms. The van der Waals surface area contributed by atoms with Gasteiger partial charge in [-0.2, -0.15) is 0 Å². The average Bonchev–Trinajstić information content (AvgIpc) is 3.25. The van der Waals surface area contributed by atoms with Gasteiger partial charge in [-0.1, -0.05) is 12.1 Å². The molecule has 2 aliphatic heterocycles. The number of likely N-dealkylation sites (tertiary alicyclic amines) is 1. The van der Waals surface area contributed by atoms with Crippen molar-refractivity contribution in [1.82, 2.24) is 10.2 Å². The minimum atomic E-state index is -0.0750. The van der Waals surface area contributed by atoms with E-state index >= 15 is 0 Å². The molecule has 7 heteroatoms. The molecule has 1 saturated heterocycles. The minimum absolute atomic E-state index is 0.0380. The van der Waals surface area contributed by atoms with Crippen LogP contribution in [0.2, 0.25) is 0 Å². The first-order chi connectivity index (χ1) is 14.1. The quantitative estimate of drug-likeness (QED) is 0.841. The number of methoxy groups -OCH3 is 1. The molecule has 2 aromatic carbocycles. The normalized spacial score (nSPS) is 15.8. The van der Waals surface area contributed by atoms with Gasteiger partial charge < -0.3 is 24.4 Å². The summed E-state index contributed by atoms with van der Waals surface area (Å²) in [6, 6.07) is 12.9. The van der Waals surface area contributed by atoms with Crippen molar-refractivity contribution in [2.45, 2.75) is 19.4 Å². The molecule has 0 atom stereocenters. The van der Waals surface area contributed by atoms with Crippen molar-refractivity contribution in [3.8, 4) is 17.2 Å². The first kappa shape index (κ1) is 19.1. The maximum absolute atomic E-state index is 12.8. The van der Waals surface area contributed by atoms with Crippen LogP contribution in [-0.4, -0.2) is 43.7 Å². The second-order valence-corrected chi connectivity index (χ2v) is 7.20. The molecule has 0 bridgehead atoms. The summed E-state index contributed by atoms with van der Waals surface area (Å²) in [5, 5.41) is 3.00. The van der Waals surface area contributed by atoms with Crippen LogP contribution in [0.15, 0.2) is 42.5 Å². The van der Waals surface area contributed by atoms with E-state index in [2.05, 4.69) is 5.32 Å². The lowest BCUT2D eigenvalue weighted by atomic mass is 9.95. The van der Waals surface area contributed by atoms with Gasteiger partial charge in [-0.15, -0.1) is 0 Å². The highest BCUT2D eigenvalue weighted by Crippen LogP contribution is 2.33.